The molecule has 21 heavy (non-hydrogen) atoms. The van der Waals surface area contributed by atoms with Crippen LogP contribution in [0.1, 0.15) is 43.0 Å². The summed E-state index contributed by atoms with van der Waals surface area (Å²) in [5.74, 6) is 2.82. The molecule has 0 heterocycles. The van der Waals surface area contributed by atoms with Gasteiger partial charge in [0.1, 0.15) is 11.3 Å². The number of rotatable bonds is 5. The van der Waals surface area contributed by atoms with Crippen molar-refractivity contribution < 1.29 is 9.53 Å². The van der Waals surface area contributed by atoms with Crippen LogP contribution in [0, 0.1) is 17.8 Å². The number of carbonyl (C=O) groups is 1. The minimum atomic E-state index is -0.112. The molecule has 1 amide bonds. The van der Waals surface area contributed by atoms with Crippen LogP contribution < -0.4 is 15.8 Å². The molecule has 0 aliphatic heterocycles. The third kappa shape index (κ3) is 2.85. The van der Waals surface area contributed by atoms with Gasteiger partial charge in [0.2, 0.25) is 0 Å². The second-order valence-corrected chi connectivity index (χ2v) is 6.30. The van der Waals surface area contributed by atoms with E-state index in [9.17, 15) is 4.79 Å². The molecule has 0 spiro atoms. The number of nitrogens with one attached hydrogen (secondary N) is 1. The summed E-state index contributed by atoms with van der Waals surface area (Å²) in [5, 5.41) is 3.07. The van der Waals surface area contributed by atoms with Crippen molar-refractivity contribution in [2.75, 3.05) is 18.9 Å². The lowest BCUT2D eigenvalue weighted by Crippen LogP contribution is -2.32. The van der Waals surface area contributed by atoms with Gasteiger partial charge in [0.15, 0.2) is 0 Å². The van der Waals surface area contributed by atoms with Gasteiger partial charge in [0.25, 0.3) is 5.91 Å². The SMILES string of the molecule is CCOc1cccc(N)c1C(=O)NCC1CC2CCC1C2. The van der Waals surface area contributed by atoms with Gasteiger partial charge >= 0.3 is 0 Å². The largest absolute Gasteiger partial charge is 0.493 e. The highest BCUT2D eigenvalue weighted by Gasteiger charge is 2.39. The van der Waals surface area contributed by atoms with E-state index in [1.807, 2.05) is 13.0 Å². The van der Waals surface area contributed by atoms with Crippen LogP contribution in [-0.2, 0) is 0 Å². The van der Waals surface area contributed by atoms with E-state index in [1.165, 1.54) is 25.7 Å². The van der Waals surface area contributed by atoms with Crippen molar-refractivity contribution in [3.63, 3.8) is 0 Å². The third-order valence-electron chi connectivity index (χ3n) is 4.99. The number of ether oxygens (including phenoxy) is 1. The number of carbonyl (C=O) groups excluding carboxylic acids is 1. The van der Waals surface area contributed by atoms with E-state index in [2.05, 4.69) is 5.32 Å². The van der Waals surface area contributed by atoms with E-state index >= 15 is 0 Å². The second-order valence-electron chi connectivity index (χ2n) is 6.30. The highest BCUT2D eigenvalue weighted by Crippen LogP contribution is 2.47. The number of benzene rings is 1. The Morgan fingerprint density at radius 2 is 2.24 bits per heavy atom. The van der Waals surface area contributed by atoms with E-state index < -0.39 is 0 Å². The molecule has 0 saturated heterocycles. The molecular formula is C17H24N2O2. The molecular weight excluding hydrogens is 264 g/mol. The van der Waals surface area contributed by atoms with Crippen LogP contribution in [0.3, 0.4) is 0 Å². The first-order valence-corrected chi connectivity index (χ1v) is 7.98. The minimum Gasteiger partial charge on any atom is -0.493 e. The first kappa shape index (κ1) is 14.2. The zero-order chi connectivity index (χ0) is 14.8. The highest BCUT2D eigenvalue weighted by atomic mass is 16.5. The monoisotopic (exact) mass is 288 g/mol. The zero-order valence-corrected chi connectivity index (χ0v) is 12.6. The summed E-state index contributed by atoms with van der Waals surface area (Å²) in [5.41, 5.74) is 6.91. The summed E-state index contributed by atoms with van der Waals surface area (Å²) < 4.78 is 5.52. The molecule has 3 N–H and O–H groups in total. The van der Waals surface area contributed by atoms with Gasteiger partial charge in [-0.25, -0.2) is 0 Å². The van der Waals surface area contributed by atoms with Gasteiger partial charge in [-0.2, -0.15) is 0 Å². The number of nitrogens with two attached hydrogens (primary N) is 1. The lowest BCUT2D eigenvalue weighted by molar-refractivity contribution is 0.0939. The van der Waals surface area contributed by atoms with Crippen molar-refractivity contribution >= 4 is 11.6 Å². The van der Waals surface area contributed by atoms with Crippen LogP contribution in [0.4, 0.5) is 5.69 Å². The predicted molar refractivity (Wildman–Crippen MR) is 83.3 cm³/mol. The van der Waals surface area contributed by atoms with Crippen LogP contribution in [0.15, 0.2) is 18.2 Å². The number of anilines is 1. The van der Waals surface area contributed by atoms with Crippen LogP contribution in [-0.4, -0.2) is 19.1 Å². The van der Waals surface area contributed by atoms with Crippen molar-refractivity contribution in [1.82, 2.24) is 5.32 Å². The molecule has 2 bridgehead atoms. The molecule has 2 fully saturated rings. The quantitative estimate of drug-likeness (QED) is 0.819. The molecule has 0 aromatic heterocycles. The molecule has 2 saturated carbocycles. The van der Waals surface area contributed by atoms with Crippen molar-refractivity contribution in [3.05, 3.63) is 23.8 Å². The van der Waals surface area contributed by atoms with Crippen molar-refractivity contribution in [2.45, 2.75) is 32.6 Å². The molecule has 2 aliphatic carbocycles. The second kappa shape index (κ2) is 5.96. The lowest BCUT2D eigenvalue weighted by atomic mass is 9.89. The number of amides is 1. The Morgan fingerprint density at radius 3 is 2.90 bits per heavy atom. The van der Waals surface area contributed by atoms with E-state index in [1.54, 1.807) is 12.1 Å². The van der Waals surface area contributed by atoms with E-state index in [4.69, 9.17) is 10.5 Å². The molecule has 3 unspecified atom stereocenters. The highest BCUT2D eigenvalue weighted by molar-refractivity contribution is 6.01. The standard InChI is InChI=1S/C17H24N2O2/c1-2-21-15-5-3-4-14(18)16(15)17(20)19-10-13-9-11-6-7-12(13)8-11/h3-5,11-13H,2,6-10,18H2,1H3,(H,19,20). The van der Waals surface area contributed by atoms with E-state index in [-0.39, 0.29) is 5.91 Å². The molecule has 114 valence electrons. The molecule has 1 aromatic carbocycles. The summed E-state index contributed by atoms with van der Waals surface area (Å²) in [6.07, 6.45) is 5.35. The fraction of sp³-hybridized carbons (Fsp3) is 0.588. The summed E-state index contributed by atoms with van der Waals surface area (Å²) in [4.78, 5) is 12.5. The topological polar surface area (TPSA) is 64.3 Å². The number of nitrogen functional groups attached to an aromatic ring is 1. The zero-order valence-electron chi connectivity index (χ0n) is 12.6. The third-order valence-corrected chi connectivity index (χ3v) is 4.99. The van der Waals surface area contributed by atoms with Gasteiger partial charge in [-0.1, -0.05) is 12.5 Å². The Labute approximate surface area is 126 Å². The van der Waals surface area contributed by atoms with Gasteiger partial charge in [0.05, 0.1) is 6.61 Å². The molecule has 4 heteroatoms. The number of hydrogen-bond acceptors (Lipinski definition) is 3. The normalized spacial score (nSPS) is 26.8. The molecule has 0 radical (unpaired) electrons. The van der Waals surface area contributed by atoms with Gasteiger partial charge in [-0.15, -0.1) is 0 Å². The Kier molecular flexibility index (Phi) is 4.04. The van der Waals surface area contributed by atoms with Crippen molar-refractivity contribution in [1.29, 1.82) is 0 Å². The van der Waals surface area contributed by atoms with Gasteiger partial charge < -0.3 is 15.8 Å². The number of hydrogen-bond donors (Lipinski definition) is 2. The molecule has 1 aromatic rings. The van der Waals surface area contributed by atoms with Crippen LogP contribution in [0.2, 0.25) is 0 Å². The Morgan fingerprint density at radius 1 is 1.38 bits per heavy atom. The van der Waals surface area contributed by atoms with Gasteiger partial charge in [-0.3, -0.25) is 4.79 Å². The average molecular weight is 288 g/mol. The smallest absolute Gasteiger partial charge is 0.257 e. The molecule has 2 aliphatic rings. The van der Waals surface area contributed by atoms with Crippen molar-refractivity contribution in [2.24, 2.45) is 17.8 Å². The Balaban J connectivity index is 1.65. The summed E-state index contributed by atoms with van der Waals surface area (Å²) in [7, 11) is 0. The maximum atomic E-state index is 12.5. The summed E-state index contributed by atoms with van der Waals surface area (Å²) in [6.45, 7) is 3.19. The van der Waals surface area contributed by atoms with Crippen LogP contribution in [0.5, 0.6) is 5.75 Å². The maximum absolute atomic E-state index is 12.5. The summed E-state index contributed by atoms with van der Waals surface area (Å²) in [6, 6.07) is 5.36. The minimum absolute atomic E-state index is 0.112. The lowest BCUT2D eigenvalue weighted by Gasteiger charge is -2.22. The molecule has 4 nitrogen and oxygen atoms in total. The average Bonchev–Trinajstić information content (AvgIpc) is 3.08. The Bertz CT molecular complexity index is 530. The maximum Gasteiger partial charge on any atom is 0.257 e. The Hall–Kier alpha value is -1.71. The van der Waals surface area contributed by atoms with E-state index in [0.717, 1.165) is 18.4 Å². The van der Waals surface area contributed by atoms with Crippen molar-refractivity contribution in [3.8, 4) is 5.75 Å². The first-order valence-electron chi connectivity index (χ1n) is 7.98. The predicted octanol–water partition coefficient (Wildman–Crippen LogP) is 2.83. The fourth-order valence-electron chi connectivity index (χ4n) is 4.01. The fourth-order valence-corrected chi connectivity index (χ4v) is 4.01. The van der Waals surface area contributed by atoms with Gasteiger partial charge in [-0.05, 0) is 56.1 Å². The molecule has 3 rings (SSSR count). The first-order chi connectivity index (χ1) is 10.2. The van der Waals surface area contributed by atoms with Gasteiger partial charge in [0, 0.05) is 12.2 Å². The van der Waals surface area contributed by atoms with E-state index in [0.29, 0.717) is 29.5 Å². The number of fused-ring (bicyclic) bond motifs is 2. The summed E-state index contributed by atoms with van der Waals surface area (Å²) >= 11 is 0. The van der Waals surface area contributed by atoms with Crippen LogP contribution >= 0.6 is 0 Å². The molecule has 3 atom stereocenters. The van der Waals surface area contributed by atoms with Crippen LogP contribution in [0.25, 0.3) is 0 Å².